The number of nitrogens with zero attached hydrogens (tertiary/aromatic N) is 3. The summed E-state index contributed by atoms with van der Waals surface area (Å²) in [5.74, 6) is 1.22. The number of hydrogen-bond donors (Lipinski definition) is 1. The third-order valence-electron chi connectivity index (χ3n) is 6.44. The van der Waals surface area contributed by atoms with Gasteiger partial charge in [0.1, 0.15) is 17.4 Å². The number of carbonyl (C=O) groups is 2. The summed E-state index contributed by atoms with van der Waals surface area (Å²) in [6.07, 6.45) is 5.79. The molecule has 0 spiro atoms. The van der Waals surface area contributed by atoms with Crippen LogP contribution in [-0.2, 0) is 6.42 Å². The molecule has 1 aliphatic carbocycles. The normalized spacial score (nSPS) is 21.7. The van der Waals surface area contributed by atoms with Gasteiger partial charge in [0.05, 0.1) is 7.11 Å². The molecule has 3 amide bonds. The van der Waals surface area contributed by atoms with E-state index in [1.165, 1.54) is 0 Å². The second kappa shape index (κ2) is 8.68. The van der Waals surface area contributed by atoms with Crippen molar-refractivity contribution in [1.82, 2.24) is 15.2 Å². The topological polar surface area (TPSA) is 83.8 Å². The zero-order valence-corrected chi connectivity index (χ0v) is 18.3. The quantitative estimate of drug-likeness (QED) is 0.729. The fraction of sp³-hybridized carbons (Fsp3) is 0.458. The molecule has 3 heterocycles. The van der Waals surface area contributed by atoms with Crippen LogP contribution < -0.4 is 19.7 Å². The standard InChI is InChI=1S/C24H28N4O4/c1-31-19-8-9-21-16(15-19)10-12-28(21)24(30)26-17-4-6-18(7-5-17)32-22-20(3-2-11-25-22)23(29)27-13-14-27/h2-3,8-9,11,15,17-18H,4-7,10,12-14H2,1H3,(H,26,30). The molecule has 1 saturated heterocycles. The highest BCUT2D eigenvalue weighted by atomic mass is 16.5. The molecular formula is C24H28N4O4. The van der Waals surface area contributed by atoms with Crippen LogP contribution in [0.5, 0.6) is 11.6 Å². The van der Waals surface area contributed by atoms with Gasteiger partial charge >= 0.3 is 6.03 Å². The first-order chi connectivity index (χ1) is 15.6. The lowest BCUT2D eigenvalue weighted by atomic mass is 9.93. The number of benzene rings is 1. The van der Waals surface area contributed by atoms with Gasteiger partial charge in [-0.3, -0.25) is 9.69 Å². The summed E-state index contributed by atoms with van der Waals surface area (Å²) < 4.78 is 11.4. The van der Waals surface area contributed by atoms with Crippen molar-refractivity contribution in [3.8, 4) is 11.6 Å². The number of carbonyl (C=O) groups excluding carboxylic acids is 2. The number of aromatic nitrogens is 1. The van der Waals surface area contributed by atoms with Gasteiger partial charge in [-0.15, -0.1) is 0 Å². The molecule has 0 radical (unpaired) electrons. The molecule has 5 rings (SSSR count). The average Bonchev–Trinajstić information content (AvgIpc) is 3.59. The van der Waals surface area contributed by atoms with E-state index in [2.05, 4.69) is 10.3 Å². The molecule has 0 atom stereocenters. The van der Waals surface area contributed by atoms with E-state index in [1.807, 2.05) is 23.1 Å². The second-order valence-electron chi connectivity index (χ2n) is 8.59. The summed E-state index contributed by atoms with van der Waals surface area (Å²) in [6, 6.07) is 9.46. The summed E-state index contributed by atoms with van der Waals surface area (Å²) in [4.78, 5) is 33.2. The molecule has 8 nitrogen and oxygen atoms in total. The Morgan fingerprint density at radius 1 is 1.09 bits per heavy atom. The van der Waals surface area contributed by atoms with Crippen molar-refractivity contribution in [2.45, 2.75) is 44.2 Å². The van der Waals surface area contributed by atoms with Crippen LogP contribution in [0.15, 0.2) is 36.5 Å². The van der Waals surface area contributed by atoms with Crippen LogP contribution in [0.2, 0.25) is 0 Å². The molecular weight excluding hydrogens is 408 g/mol. The van der Waals surface area contributed by atoms with Crippen LogP contribution in [0.1, 0.15) is 41.6 Å². The zero-order valence-electron chi connectivity index (χ0n) is 18.3. The number of anilines is 1. The highest BCUT2D eigenvalue weighted by Crippen LogP contribution is 2.32. The van der Waals surface area contributed by atoms with Crippen molar-refractivity contribution < 1.29 is 19.1 Å². The van der Waals surface area contributed by atoms with Gasteiger partial charge in [0.15, 0.2) is 0 Å². The molecule has 0 unspecified atom stereocenters. The minimum atomic E-state index is -0.0469. The molecule has 1 aromatic carbocycles. The smallest absolute Gasteiger partial charge is 0.322 e. The van der Waals surface area contributed by atoms with Crippen LogP contribution in [0.25, 0.3) is 0 Å². The molecule has 32 heavy (non-hydrogen) atoms. The Bertz CT molecular complexity index is 1010. The Balaban J connectivity index is 1.15. The number of urea groups is 1. The van der Waals surface area contributed by atoms with Gasteiger partial charge in [0, 0.05) is 37.6 Å². The molecule has 1 saturated carbocycles. The second-order valence-corrected chi connectivity index (χ2v) is 8.59. The van der Waals surface area contributed by atoms with E-state index in [0.29, 0.717) is 18.0 Å². The minimum absolute atomic E-state index is 0.00113. The van der Waals surface area contributed by atoms with Crippen LogP contribution in [0.4, 0.5) is 10.5 Å². The van der Waals surface area contributed by atoms with E-state index in [-0.39, 0.29) is 24.1 Å². The van der Waals surface area contributed by atoms with Gasteiger partial charge in [0.25, 0.3) is 5.91 Å². The monoisotopic (exact) mass is 436 g/mol. The van der Waals surface area contributed by atoms with Crippen molar-refractivity contribution >= 4 is 17.6 Å². The number of methoxy groups -OCH3 is 1. The predicted molar refractivity (Wildman–Crippen MR) is 119 cm³/mol. The van der Waals surface area contributed by atoms with Crippen LogP contribution in [0.3, 0.4) is 0 Å². The van der Waals surface area contributed by atoms with Gasteiger partial charge in [-0.25, -0.2) is 9.78 Å². The first-order valence-electron chi connectivity index (χ1n) is 11.3. The van der Waals surface area contributed by atoms with Crippen LogP contribution in [-0.4, -0.2) is 60.7 Å². The Hall–Kier alpha value is -3.29. The molecule has 1 aromatic heterocycles. The number of rotatable bonds is 5. The number of amides is 3. The Labute approximate surface area is 187 Å². The van der Waals surface area contributed by atoms with E-state index in [0.717, 1.165) is 62.2 Å². The van der Waals surface area contributed by atoms with E-state index in [9.17, 15) is 9.59 Å². The van der Waals surface area contributed by atoms with Crippen LogP contribution in [0, 0.1) is 0 Å². The number of fused-ring (bicyclic) bond motifs is 1. The fourth-order valence-electron chi connectivity index (χ4n) is 4.52. The average molecular weight is 437 g/mol. The molecule has 2 aliphatic heterocycles. The van der Waals surface area contributed by atoms with Gasteiger partial charge in [-0.1, -0.05) is 0 Å². The van der Waals surface area contributed by atoms with E-state index in [1.54, 1.807) is 30.3 Å². The first-order valence-corrected chi connectivity index (χ1v) is 11.3. The van der Waals surface area contributed by atoms with E-state index >= 15 is 0 Å². The van der Waals surface area contributed by atoms with Gasteiger partial charge in [0.2, 0.25) is 5.88 Å². The Morgan fingerprint density at radius 3 is 2.66 bits per heavy atom. The Kier molecular flexibility index (Phi) is 5.59. The molecule has 2 fully saturated rings. The summed E-state index contributed by atoms with van der Waals surface area (Å²) in [5.41, 5.74) is 2.63. The van der Waals surface area contributed by atoms with E-state index in [4.69, 9.17) is 9.47 Å². The summed E-state index contributed by atoms with van der Waals surface area (Å²) >= 11 is 0. The predicted octanol–water partition coefficient (Wildman–Crippen LogP) is 3.01. The third-order valence-corrected chi connectivity index (χ3v) is 6.44. The molecule has 3 aliphatic rings. The van der Waals surface area contributed by atoms with Gasteiger partial charge < -0.3 is 19.7 Å². The summed E-state index contributed by atoms with van der Waals surface area (Å²) in [6.45, 7) is 2.28. The SMILES string of the molecule is COc1ccc2c(c1)CCN2C(=O)NC1CCC(Oc2ncccc2C(=O)N2CC2)CC1. The van der Waals surface area contributed by atoms with Crippen molar-refractivity contribution in [3.05, 3.63) is 47.7 Å². The molecule has 1 N–H and O–H groups in total. The number of hydrogen-bond acceptors (Lipinski definition) is 5. The summed E-state index contributed by atoms with van der Waals surface area (Å²) in [7, 11) is 1.65. The third kappa shape index (κ3) is 4.22. The number of pyridine rings is 1. The van der Waals surface area contributed by atoms with Gasteiger partial charge in [-0.05, 0) is 68.0 Å². The lowest BCUT2D eigenvalue weighted by molar-refractivity contribution is 0.0868. The number of ether oxygens (including phenoxy) is 2. The molecule has 0 bridgehead atoms. The molecule has 168 valence electrons. The van der Waals surface area contributed by atoms with Crippen molar-refractivity contribution in [2.24, 2.45) is 0 Å². The van der Waals surface area contributed by atoms with Crippen molar-refractivity contribution in [2.75, 3.05) is 31.6 Å². The summed E-state index contributed by atoms with van der Waals surface area (Å²) in [5, 5.41) is 3.19. The lowest BCUT2D eigenvalue weighted by Crippen LogP contribution is -2.46. The highest BCUT2D eigenvalue weighted by molar-refractivity contribution is 5.97. The van der Waals surface area contributed by atoms with Crippen LogP contribution >= 0.6 is 0 Å². The lowest BCUT2D eigenvalue weighted by Gasteiger charge is -2.31. The fourth-order valence-corrected chi connectivity index (χ4v) is 4.52. The minimum Gasteiger partial charge on any atom is -0.497 e. The molecule has 8 heteroatoms. The maximum atomic E-state index is 12.9. The largest absolute Gasteiger partial charge is 0.497 e. The maximum Gasteiger partial charge on any atom is 0.322 e. The van der Waals surface area contributed by atoms with Gasteiger partial charge in [-0.2, -0.15) is 0 Å². The highest BCUT2D eigenvalue weighted by Gasteiger charge is 2.31. The zero-order chi connectivity index (χ0) is 22.1. The van der Waals surface area contributed by atoms with Crippen molar-refractivity contribution in [3.63, 3.8) is 0 Å². The van der Waals surface area contributed by atoms with E-state index < -0.39 is 0 Å². The first kappa shape index (κ1) is 20.6. The maximum absolute atomic E-state index is 12.9. The van der Waals surface area contributed by atoms with Crippen molar-refractivity contribution in [1.29, 1.82) is 0 Å². The number of nitrogens with one attached hydrogen (secondary N) is 1. The Morgan fingerprint density at radius 2 is 1.91 bits per heavy atom. The molecule has 2 aromatic rings.